The van der Waals surface area contributed by atoms with Crippen LogP contribution in [-0.2, 0) is 11.2 Å². The molecule has 4 rings (SSSR count). The first-order valence-corrected chi connectivity index (χ1v) is 10.4. The summed E-state index contributed by atoms with van der Waals surface area (Å²) in [4.78, 5) is 31.6. The van der Waals surface area contributed by atoms with Crippen molar-refractivity contribution in [3.63, 3.8) is 0 Å². The highest BCUT2D eigenvalue weighted by Crippen LogP contribution is 2.33. The summed E-state index contributed by atoms with van der Waals surface area (Å²) in [5, 5.41) is 12.0. The molecule has 1 aliphatic rings. The third-order valence-electron chi connectivity index (χ3n) is 5.10. The first-order chi connectivity index (χ1) is 14.6. The Morgan fingerprint density at radius 1 is 1.27 bits per heavy atom. The highest BCUT2D eigenvalue weighted by Gasteiger charge is 2.34. The number of anilines is 1. The number of nitrogens with one attached hydrogen (secondary N) is 1. The smallest absolute Gasteiger partial charge is 0.282 e. The second kappa shape index (κ2) is 8.54. The lowest BCUT2D eigenvalue weighted by molar-refractivity contribution is -0.120. The van der Waals surface area contributed by atoms with Gasteiger partial charge in [-0.05, 0) is 18.1 Å². The summed E-state index contributed by atoms with van der Waals surface area (Å²) < 4.78 is 0. The zero-order valence-electron chi connectivity index (χ0n) is 16.5. The zero-order valence-corrected chi connectivity index (χ0v) is 17.3. The quantitative estimate of drug-likeness (QED) is 0.643. The molecule has 0 unspecified atom stereocenters. The molecule has 7 nitrogen and oxygen atoms in total. The number of carbonyl (C=O) groups is 2. The lowest BCUT2D eigenvalue weighted by atomic mass is 9.94. The molecule has 0 aliphatic carbocycles. The lowest BCUT2D eigenvalue weighted by Gasteiger charge is -2.20. The highest BCUT2D eigenvalue weighted by atomic mass is 32.1. The molecule has 1 aliphatic heterocycles. The standard InChI is InChI=1S/C22H21N5O2S/c1-3-15-13-17(22(29)27(2)19-16(15)10-7-11-23-19)24-20(28)21-26-25-18(30-21)12-14-8-5-4-6-9-14/h3-11,15,17H,1,12-13H2,2H3,(H,24,28)/t15-,17+/m0/s1. The lowest BCUT2D eigenvalue weighted by Crippen LogP contribution is -2.47. The van der Waals surface area contributed by atoms with E-state index in [2.05, 4.69) is 27.1 Å². The Morgan fingerprint density at radius 3 is 2.83 bits per heavy atom. The number of benzene rings is 1. The van der Waals surface area contributed by atoms with Gasteiger partial charge in [0.1, 0.15) is 16.9 Å². The van der Waals surface area contributed by atoms with Crippen LogP contribution in [0.4, 0.5) is 5.82 Å². The van der Waals surface area contributed by atoms with Gasteiger partial charge in [-0.15, -0.1) is 16.8 Å². The Labute approximate surface area is 178 Å². The number of allylic oxidation sites excluding steroid dienone is 1. The van der Waals surface area contributed by atoms with Crippen LogP contribution in [0, 0.1) is 0 Å². The van der Waals surface area contributed by atoms with Crippen LogP contribution in [0.1, 0.15) is 38.3 Å². The summed E-state index contributed by atoms with van der Waals surface area (Å²) in [7, 11) is 1.67. The SMILES string of the molecule is C=C[C@H]1C[C@@H](NC(=O)c2nnc(Cc3ccccc3)s2)C(=O)N(C)c2ncccc21. The van der Waals surface area contributed by atoms with E-state index < -0.39 is 11.9 Å². The number of fused-ring (bicyclic) bond motifs is 1. The number of aromatic nitrogens is 3. The largest absolute Gasteiger partial charge is 0.338 e. The molecule has 2 atom stereocenters. The van der Waals surface area contributed by atoms with Crippen LogP contribution >= 0.6 is 11.3 Å². The molecule has 0 bridgehead atoms. The number of pyridine rings is 1. The molecule has 1 N–H and O–H groups in total. The normalized spacial score (nSPS) is 18.4. The fourth-order valence-corrected chi connectivity index (χ4v) is 4.33. The molecule has 30 heavy (non-hydrogen) atoms. The monoisotopic (exact) mass is 419 g/mol. The molecular formula is C22H21N5O2S. The Balaban J connectivity index is 1.50. The summed E-state index contributed by atoms with van der Waals surface area (Å²) in [6.45, 7) is 3.90. The predicted molar refractivity (Wildman–Crippen MR) is 116 cm³/mol. The molecule has 3 heterocycles. The minimum Gasteiger partial charge on any atom is -0.338 e. The van der Waals surface area contributed by atoms with Gasteiger partial charge in [0.05, 0.1) is 0 Å². The minimum absolute atomic E-state index is 0.101. The molecule has 152 valence electrons. The number of nitrogens with zero attached hydrogens (tertiary/aromatic N) is 4. The van der Waals surface area contributed by atoms with E-state index in [0.717, 1.165) is 16.1 Å². The van der Waals surface area contributed by atoms with E-state index in [1.54, 1.807) is 19.3 Å². The molecule has 8 heteroatoms. The molecule has 0 saturated heterocycles. The van der Waals surface area contributed by atoms with E-state index >= 15 is 0 Å². The highest BCUT2D eigenvalue weighted by molar-refractivity contribution is 7.13. The fraction of sp³-hybridized carbons (Fsp3) is 0.227. The summed E-state index contributed by atoms with van der Waals surface area (Å²) in [5.41, 5.74) is 2.02. The van der Waals surface area contributed by atoms with Crippen molar-refractivity contribution in [2.24, 2.45) is 0 Å². The van der Waals surface area contributed by atoms with Gasteiger partial charge >= 0.3 is 0 Å². The van der Waals surface area contributed by atoms with Crippen molar-refractivity contribution in [3.8, 4) is 0 Å². The van der Waals surface area contributed by atoms with Crippen molar-refractivity contribution in [2.75, 3.05) is 11.9 Å². The minimum atomic E-state index is -0.707. The van der Waals surface area contributed by atoms with Crippen LogP contribution in [0.15, 0.2) is 61.3 Å². The summed E-state index contributed by atoms with van der Waals surface area (Å²) in [6.07, 6.45) is 4.45. The van der Waals surface area contributed by atoms with E-state index in [-0.39, 0.29) is 16.8 Å². The topological polar surface area (TPSA) is 88.1 Å². The number of hydrogen-bond acceptors (Lipinski definition) is 6. The Morgan fingerprint density at radius 2 is 2.07 bits per heavy atom. The van der Waals surface area contributed by atoms with Crippen LogP contribution in [0.5, 0.6) is 0 Å². The molecule has 0 saturated carbocycles. The van der Waals surface area contributed by atoms with Crippen molar-refractivity contribution in [2.45, 2.75) is 24.8 Å². The Bertz CT molecular complexity index is 1070. The first-order valence-electron chi connectivity index (χ1n) is 9.59. The summed E-state index contributed by atoms with van der Waals surface area (Å²) >= 11 is 1.23. The number of carbonyl (C=O) groups excluding carboxylic acids is 2. The molecule has 3 aromatic rings. The second-order valence-corrected chi connectivity index (χ2v) is 8.14. The van der Waals surface area contributed by atoms with Crippen molar-refractivity contribution in [1.82, 2.24) is 20.5 Å². The molecule has 2 amide bonds. The average molecular weight is 420 g/mol. The maximum atomic E-state index is 13.0. The molecule has 0 spiro atoms. The summed E-state index contributed by atoms with van der Waals surface area (Å²) in [6, 6.07) is 12.9. The van der Waals surface area contributed by atoms with Gasteiger partial charge < -0.3 is 5.32 Å². The maximum absolute atomic E-state index is 13.0. The molecule has 2 aromatic heterocycles. The average Bonchev–Trinajstić information content (AvgIpc) is 3.21. The Kier molecular flexibility index (Phi) is 5.67. The van der Waals surface area contributed by atoms with Gasteiger partial charge in [0.15, 0.2) is 0 Å². The van der Waals surface area contributed by atoms with E-state index in [9.17, 15) is 9.59 Å². The number of amides is 2. The van der Waals surface area contributed by atoms with E-state index in [1.165, 1.54) is 16.2 Å². The molecular weight excluding hydrogens is 398 g/mol. The fourth-order valence-electron chi connectivity index (χ4n) is 3.55. The number of hydrogen-bond donors (Lipinski definition) is 1. The van der Waals surface area contributed by atoms with Crippen LogP contribution in [0.2, 0.25) is 0 Å². The maximum Gasteiger partial charge on any atom is 0.282 e. The van der Waals surface area contributed by atoms with Crippen molar-refractivity contribution in [1.29, 1.82) is 0 Å². The van der Waals surface area contributed by atoms with Crippen LogP contribution < -0.4 is 10.2 Å². The second-order valence-electron chi connectivity index (χ2n) is 7.08. The van der Waals surface area contributed by atoms with E-state index in [4.69, 9.17) is 0 Å². The van der Waals surface area contributed by atoms with Crippen molar-refractivity contribution >= 4 is 29.0 Å². The van der Waals surface area contributed by atoms with E-state index in [1.807, 2.05) is 42.5 Å². The van der Waals surface area contributed by atoms with E-state index in [0.29, 0.717) is 18.7 Å². The van der Waals surface area contributed by atoms with Gasteiger partial charge in [0.25, 0.3) is 11.8 Å². The molecule has 0 radical (unpaired) electrons. The van der Waals surface area contributed by atoms with Gasteiger partial charge in [-0.3, -0.25) is 14.5 Å². The molecule has 1 aromatic carbocycles. The third-order valence-corrected chi connectivity index (χ3v) is 6.02. The van der Waals surface area contributed by atoms with Gasteiger partial charge in [-0.1, -0.05) is 53.8 Å². The zero-order chi connectivity index (χ0) is 21.1. The molecule has 0 fully saturated rings. The third kappa shape index (κ3) is 3.99. The van der Waals surface area contributed by atoms with Gasteiger partial charge in [0.2, 0.25) is 5.01 Å². The van der Waals surface area contributed by atoms with Gasteiger partial charge in [-0.25, -0.2) is 4.98 Å². The Hall–Kier alpha value is -3.39. The van der Waals surface area contributed by atoms with Crippen molar-refractivity contribution < 1.29 is 9.59 Å². The van der Waals surface area contributed by atoms with Gasteiger partial charge in [0, 0.05) is 31.1 Å². The number of likely N-dealkylation sites (N-methyl/N-ethyl adjacent to an activating group) is 1. The van der Waals surface area contributed by atoms with Crippen LogP contribution in [0.25, 0.3) is 0 Å². The predicted octanol–water partition coefficient (Wildman–Crippen LogP) is 2.96. The first kappa shape index (κ1) is 19.9. The van der Waals surface area contributed by atoms with Crippen LogP contribution in [0.3, 0.4) is 0 Å². The van der Waals surface area contributed by atoms with Gasteiger partial charge in [-0.2, -0.15) is 0 Å². The summed E-state index contributed by atoms with van der Waals surface area (Å²) in [5.74, 6) is -0.136. The number of rotatable bonds is 5. The van der Waals surface area contributed by atoms with Crippen LogP contribution in [-0.4, -0.2) is 40.1 Å². The van der Waals surface area contributed by atoms with Crippen molar-refractivity contribution in [3.05, 3.63) is 82.5 Å².